The van der Waals surface area contributed by atoms with Crippen molar-refractivity contribution in [2.75, 3.05) is 12.0 Å². The smallest absolute Gasteiger partial charge is 0.256 e. The van der Waals surface area contributed by atoms with Crippen LogP contribution in [0.3, 0.4) is 0 Å². The number of ether oxygens (including phenoxy) is 1. The molecule has 1 aromatic rings. The number of aliphatic hydroxyl groups is 1. The molecule has 1 atom stereocenters. The van der Waals surface area contributed by atoms with Crippen molar-refractivity contribution in [3.63, 3.8) is 0 Å². The van der Waals surface area contributed by atoms with Gasteiger partial charge in [-0.15, -0.1) is 0 Å². The molecule has 0 saturated heterocycles. The summed E-state index contributed by atoms with van der Waals surface area (Å²) in [4.78, 5) is 13.1. The highest BCUT2D eigenvalue weighted by molar-refractivity contribution is 6.08. The molecule has 16 heavy (non-hydrogen) atoms. The van der Waals surface area contributed by atoms with Gasteiger partial charge in [-0.1, -0.05) is 0 Å². The van der Waals surface area contributed by atoms with E-state index < -0.39 is 6.23 Å². The lowest BCUT2D eigenvalue weighted by molar-refractivity contribution is -0.115. The van der Waals surface area contributed by atoms with E-state index in [1.54, 1.807) is 38.3 Å². The average molecular weight is 219 g/mol. The quantitative estimate of drug-likeness (QED) is 0.815. The van der Waals surface area contributed by atoms with Gasteiger partial charge in [0.2, 0.25) is 0 Å². The van der Waals surface area contributed by atoms with Crippen LogP contribution in [0.2, 0.25) is 0 Å². The second-order valence-corrected chi connectivity index (χ2v) is 3.64. The molecule has 0 saturated carbocycles. The maximum atomic E-state index is 11.7. The monoisotopic (exact) mass is 219 g/mol. The zero-order valence-electron chi connectivity index (χ0n) is 9.18. The summed E-state index contributed by atoms with van der Waals surface area (Å²) in [5.74, 6) is 0.548. The number of benzene rings is 1. The third-order valence-electron chi connectivity index (χ3n) is 2.57. The van der Waals surface area contributed by atoms with E-state index in [1.807, 2.05) is 0 Å². The standard InChI is InChI=1S/C12H13NO3/c1-8-7-11(14)13(12(8)15)9-3-5-10(16-2)6-4-9/h3-7,11,14H,1-2H3. The third kappa shape index (κ3) is 1.67. The molecule has 1 heterocycles. The fraction of sp³-hybridized carbons (Fsp3) is 0.250. The zero-order chi connectivity index (χ0) is 11.7. The highest BCUT2D eigenvalue weighted by Crippen LogP contribution is 2.26. The largest absolute Gasteiger partial charge is 0.497 e. The molecule has 1 unspecified atom stereocenters. The normalized spacial score (nSPS) is 19.9. The van der Waals surface area contributed by atoms with Crippen LogP contribution in [0.4, 0.5) is 5.69 Å². The number of carbonyl (C=O) groups is 1. The van der Waals surface area contributed by atoms with E-state index in [9.17, 15) is 9.90 Å². The lowest BCUT2D eigenvalue weighted by atomic mass is 10.2. The highest BCUT2D eigenvalue weighted by Gasteiger charge is 2.29. The molecule has 0 aliphatic carbocycles. The van der Waals surface area contributed by atoms with Crippen molar-refractivity contribution in [1.29, 1.82) is 0 Å². The molecule has 4 heteroatoms. The SMILES string of the molecule is COc1ccc(N2C(=O)C(C)=CC2O)cc1. The van der Waals surface area contributed by atoms with Crippen molar-refractivity contribution in [2.24, 2.45) is 0 Å². The maximum Gasteiger partial charge on any atom is 0.256 e. The van der Waals surface area contributed by atoms with Crippen molar-refractivity contribution < 1.29 is 14.6 Å². The molecule has 84 valence electrons. The van der Waals surface area contributed by atoms with Crippen LogP contribution in [-0.2, 0) is 4.79 Å². The average Bonchev–Trinajstić information content (AvgIpc) is 2.54. The van der Waals surface area contributed by atoms with Crippen molar-refractivity contribution in [2.45, 2.75) is 13.2 Å². The number of hydrogen-bond acceptors (Lipinski definition) is 3. The fourth-order valence-corrected chi connectivity index (χ4v) is 1.69. The summed E-state index contributed by atoms with van der Waals surface area (Å²) in [6.45, 7) is 1.69. The van der Waals surface area contributed by atoms with Gasteiger partial charge in [0, 0.05) is 11.3 Å². The molecule has 1 aliphatic rings. The second kappa shape index (κ2) is 3.98. The van der Waals surface area contributed by atoms with Crippen LogP contribution in [-0.4, -0.2) is 24.4 Å². The second-order valence-electron chi connectivity index (χ2n) is 3.64. The summed E-state index contributed by atoms with van der Waals surface area (Å²) < 4.78 is 5.03. The van der Waals surface area contributed by atoms with Crippen LogP contribution in [0.5, 0.6) is 5.75 Å². The molecule has 4 nitrogen and oxygen atoms in total. The molecule has 0 spiro atoms. The zero-order valence-corrected chi connectivity index (χ0v) is 9.18. The fourth-order valence-electron chi connectivity index (χ4n) is 1.69. The van der Waals surface area contributed by atoms with Gasteiger partial charge >= 0.3 is 0 Å². The number of hydrogen-bond donors (Lipinski definition) is 1. The third-order valence-corrected chi connectivity index (χ3v) is 2.57. The molecule has 1 aliphatic heterocycles. The molecule has 0 aromatic heterocycles. The first-order valence-electron chi connectivity index (χ1n) is 4.97. The van der Waals surface area contributed by atoms with E-state index in [4.69, 9.17) is 4.74 Å². The first kappa shape index (κ1) is 10.7. The number of aliphatic hydroxyl groups excluding tert-OH is 1. The molecule has 1 amide bonds. The van der Waals surface area contributed by atoms with Crippen LogP contribution in [0.15, 0.2) is 35.9 Å². The van der Waals surface area contributed by atoms with Gasteiger partial charge in [-0.25, -0.2) is 0 Å². The summed E-state index contributed by atoms with van der Waals surface area (Å²) in [5.41, 5.74) is 1.22. The van der Waals surface area contributed by atoms with Gasteiger partial charge in [0.05, 0.1) is 7.11 Å². The van der Waals surface area contributed by atoms with Crippen LogP contribution in [0.25, 0.3) is 0 Å². The molecule has 0 radical (unpaired) electrons. The summed E-state index contributed by atoms with van der Waals surface area (Å²) in [7, 11) is 1.58. The van der Waals surface area contributed by atoms with Crippen LogP contribution in [0, 0.1) is 0 Å². The predicted molar refractivity (Wildman–Crippen MR) is 60.2 cm³/mol. The Kier molecular flexibility index (Phi) is 2.66. The first-order chi connectivity index (χ1) is 7.63. The number of methoxy groups -OCH3 is 1. The Balaban J connectivity index is 2.28. The summed E-state index contributed by atoms with van der Waals surface area (Å²) in [6, 6.07) is 6.99. The number of anilines is 1. The molecule has 0 fully saturated rings. The predicted octanol–water partition coefficient (Wildman–Crippen LogP) is 1.31. The number of amides is 1. The summed E-state index contributed by atoms with van der Waals surface area (Å²) in [6.07, 6.45) is 0.660. The van der Waals surface area contributed by atoms with Gasteiger partial charge in [0.1, 0.15) is 5.75 Å². The van der Waals surface area contributed by atoms with Crippen molar-refractivity contribution >= 4 is 11.6 Å². The van der Waals surface area contributed by atoms with Gasteiger partial charge in [-0.2, -0.15) is 0 Å². The Morgan fingerprint density at radius 1 is 1.31 bits per heavy atom. The van der Waals surface area contributed by atoms with Crippen LogP contribution >= 0.6 is 0 Å². The Morgan fingerprint density at radius 3 is 2.38 bits per heavy atom. The van der Waals surface area contributed by atoms with E-state index >= 15 is 0 Å². The van der Waals surface area contributed by atoms with Crippen LogP contribution < -0.4 is 9.64 Å². The minimum absolute atomic E-state index is 0.169. The molecule has 1 aromatic carbocycles. The van der Waals surface area contributed by atoms with Gasteiger partial charge in [0.25, 0.3) is 5.91 Å². The Bertz CT molecular complexity index is 436. The van der Waals surface area contributed by atoms with E-state index in [0.29, 0.717) is 11.3 Å². The molecular weight excluding hydrogens is 206 g/mol. The Labute approximate surface area is 93.8 Å². The Morgan fingerprint density at radius 2 is 1.94 bits per heavy atom. The number of rotatable bonds is 2. The van der Waals surface area contributed by atoms with Gasteiger partial charge in [0.15, 0.2) is 6.23 Å². The van der Waals surface area contributed by atoms with E-state index in [-0.39, 0.29) is 5.91 Å². The lowest BCUT2D eigenvalue weighted by Gasteiger charge is -2.20. The van der Waals surface area contributed by atoms with E-state index in [0.717, 1.165) is 5.75 Å². The molecule has 1 N–H and O–H groups in total. The van der Waals surface area contributed by atoms with Crippen molar-refractivity contribution in [3.05, 3.63) is 35.9 Å². The first-order valence-corrected chi connectivity index (χ1v) is 4.97. The van der Waals surface area contributed by atoms with E-state index in [2.05, 4.69) is 0 Å². The van der Waals surface area contributed by atoms with Crippen molar-refractivity contribution in [1.82, 2.24) is 0 Å². The van der Waals surface area contributed by atoms with Gasteiger partial charge in [-0.3, -0.25) is 9.69 Å². The lowest BCUT2D eigenvalue weighted by Crippen LogP contribution is -2.34. The maximum absolute atomic E-state index is 11.7. The number of nitrogens with zero attached hydrogens (tertiary/aromatic N) is 1. The minimum atomic E-state index is -0.874. The minimum Gasteiger partial charge on any atom is -0.497 e. The number of carbonyl (C=O) groups excluding carboxylic acids is 1. The van der Waals surface area contributed by atoms with Crippen molar-refractivity contribution in [3.8, 4) is 5.75 Å². The Hall–Kier alpha value is -1.81. The molecule has 2 rings (SSSR count). The topological polar surface area (TPSA) is 49.8 Å². The van der Waals surface area contributed by atoms with E-state index in [1.165, 1.54) is 11.0 Å². The van der Waals surface area contributed by atoms with Crippen LogP contribution in [0.1, 0.15) is 6.92 Å². The molecular formula is C12H13NO3. The van der Waals surface area contributed by atoms with Gasteiger partial charge < -0.3 is 9.84 Å². The van der Waals surface area contributed by atoms with Gasteiger partial charge in [-0.05, 0) is 37.3 Å². The highest BCUT2D eigenvalue weighted by atomic mass is 16.5. The summed E-state index contributed by atoms with van der Waals surface area (Å²) in [5, 5.41) is 9.71. The molecule has 0 bridgehead atoms. The summed E-state index contributed by atoms with van der Waals surface area (Å²) >= 11 is 0.